The molecule has 1 unspecified atom stereocenters. The minimum atomic E-state index is -0.220. The lowest BCUT2D eigenvalue weighted by Crippen LogP contribution is -2.38. The van der Waals surface area contributed by atoms with Gasteiger partial charge < -0.3 is 15.3 Å². The molecule has 1 rings (SSSR count). The lowest BCUT2D eigenvalue weighted by molar-refractivity contribution is 0.127. The van der Waals surface area contributed by atoms with E-state index in [1.807, 2.05) is 11.8 Å². The minimum absolute atomic E-state index is 0.220. The number of aliphatic hydroxyl groups excluding tert-OH is 1. The zero-order valence-corrected chi connectivity index (χ0v) is 10.0. The summed E-state index contributed by atoms with van der Waals surface area (Å²) < 4.78 is 0. The summed E-state index contributed by atoms with van der Waals surface area (Å²) in [7, 11) is 2.07. The molecule has 0 bridgehead atoms. The van der Waals surface area contributed by atoms with Crippen molar-refractivity contribution in [2.75, 3.05) is 38.7 Å². The Labute approximate surface area is 91.2 Å². The first-order valence-electron chi connectivity index (χ1n) is 5.31. The number of aliphatic hydroxyl groups is 1. The van der Waals surface area contributed by atoms with E-state index < -0.39 is 0 Å². The van der Waals surface area contributed by atoms with Crippen LogP contribution in [-0.2, 0) is 0 Å². The second-order valence-corrected chi connectivity index (χ2v) is 5.08. The van der Waals surface area contributed by atoms with Crippen LogP contribution in [0.5, 0.6) is 0 Å². The zero-order valence-electron chi connectivity index (χ0n) is 9.20. The Morgan fingerprint density at radius 1 is 1.57 bits per heavy atom. The summed E-state index contributed by atoms with van der Waals surface area (Å²) in [6, 6.07) is 0.696. The number of likely N-dealkylation sites (N-methyl/N-ethyl adjacent to an activating group) is 1. The fourth-order valence-electron chi connectivity index (χ4n) is 1.35. The molecule has 0 aromatic carbocycles. The van der Waals surface area contributed by atoms with E-state index in [4.69, 9.17) is 0 Å². The molecule has 1 saturated carbocycles. The van der Waals surface area contributed by atoms with Gasteiger partial charge in [-0.3, -0.25) is 0 Å². The Hall–Kier alpha value is 0.230. The van der Waals surface area contributed by atoms with E-state index in [2.05, 4.69) is 23.5 Å². The van der Waals surface area contributed by atoms with Crippen LogP contribution in [0.15, 0.2) is 0 Å². The van der Waals surface area contributed by atoms with Crippen molar-refractivity contribution in [1.29, 1.82) is 0 Å². The van der Waals surface area contributed by atoms with Gasteiger partial charge in [0.2, 0.25) is 0 Å². The SMILES string of the molecule is CSCCN(C)CC(O)CNC1CC1. The van der Waals surface area contributed by atoms with Crippen molar-refractivity contribution < 1.29 is 5.11 Å². The van der Waals surface area contributed by atoms with Gasteiger partial charge in [0.1, 0.15) is 0 Å². The van der Waals surface area contributed by atoms with Gasteiger partial charge in [0.05, 0.1) is 6.10 Å². The summed E-state index contributed by atoms with van der Waals surface area (Å²) in [5.74, 6) is 1.14. The molecule has 1 aliphatic carbocycles. The van der Waals surface area contributed by atoms with Crippen molar-refractivity contribution >= 4 is 11.8 Å². The van der Waals surface area contributed by atoms with Crippen LogP contribution in [0.1, 0.15) is 12.8 Å². The largest absolute Gasteiger partial charge is 0.390 e. The molecule has 0 aromatic rings. The molecule has 14 heavy (non-hydrogen) atoms. The van der Waals surface area contributed by atoms with Crippen LogP contribution in [0.4, 0.5) is 0 Å². The molecule has 0 saturated heterocycles. The van der Waals surface area contributed by atoms with Gasteiger partial charge >= 0.3 is 0 Å². The minimum Gasteiger partial charge on any atom is -0.390 e. The number of hydrogen-bond acceptors (Lipinski definition) is 4. The third-order valence-electron chi connectivity index (χ3n) is 2.42. The highest BCUT2D eigenvalue weighted by molar-refractivity contribution is 7.98. The first kappa shape index (κ1) is 12.3. The van der Waals surface area contributed by atoms with E-state index in [1.165, 1.54) is 12.8 Å². The molecule has 1 aliphatic rings. The van der Waals surface area contributed by atoms with Crippen molar-refractivity contribution in [3.63, 3.8) is 0 Å². The van der Waals surface area contributed by atoms with E-state index in [0.29, 0.717) is 6.04 Å². The topological polar surface area (TPSA) is 35.5 Å². The molecule has 4 heteroatoms. The lowest BCUT2D eigenvalue weighted by Gasteiger charge is -2.20. The summed E-state index contributed by atoms with van der Waals surface area (Å²) >= 11 is 1.85. The fourth-order valence-corrected chi connectivity index (χ4v) is 1.85. The van der Waals surface area contributed by atoms with Crippen molar-refractivity contribution in [2.24, 2.45) is 0 Å². The van der Waals surface area contributed by atoms with Crippen LogP contribution < -0.4 is 5.32 Å². The molecule has 0 heterocycles. The standard InChI is InChI=1S/C10H22N2OS/c1-12(5-6-14-2)8-10(13)7-11-9-3-4-9/h9-11,13H,3-8H2,1-2H3. The third-order valence-corrected chi connectivity index (χ3v) is 3.01. The van der Waals surface area contributed by atoms with Crippen LogP contribution >= 0.6 is 11.8 Å². The molecular weight excluding hydrogens is 196 g/mol. The normalized spacial score (nSPS) is 18.9. The van der Waals surface area contributed by atoms with Crippen LogP contribution in [0.25, 0.3) is 0 Å². The molecule has 0 radical (unpaired) electrons. The predicted molar refractivity (Wildman–Crippen MR) is 62.9 cm³/mol. The molecule has 1 atom stereocenters. The van der Waals surface area contributed by atoms with Gasteiger partial charge in [-0.05, 0) is 26.1 Å². The number of rotatable bonds is 8. The van der Waals surface area contributed by atoms with Crippen LogP contribution in [0.2, 0.25) is 0 Å². The smallest absolute Gasteiger partial charge is 0.0791 e. The van der Waals surface area contributed by atoms with E-state index in [0.717, 1.165) is 25.4 Å². The maximum absolute atomic E-state index is 9.68. The quantitative estimate of drug-likeness (QED) is 0.618. The summed E-state index contributed by atoms with van der Waals surface area (Å²) in [6.07, 6.45) is 4.46. The maximum Gasteiger partial charge on any atom is 0.0791 e. The zero-order chi connectivity index (χ0) is 10.4. The van der Waals surface area contributed by atoms with Gasteiger partial charge in [0.15, 0.2) is 0 Å². The third kappa shape index (κ3) is 5.86. The number of hydrogen-bond donors (Lipinski definition) is 2. The van der Waals surface area contributed by atoms with Gasteiger partial charge in [-0.2, -0.15) is 11.8 Å². The molecule has 0 aliphatic heterocycles. The average Bonchev–Trinajstić information content (AvgIpc) is 2.95. The van der Waals surface area contributed by atoms with Crippen LogP contribution in [-0.4, -0.2) is 60.8 Å². The maximum atomic E-state index is 9.68. The predicted octanol–water partition coefficient (Wildman–Crippen LogP) is 0.394. The Balaban J connectivity index is 1.96. The monoisotopic (exact) mass is 218 g/mol. The molecule has 84 valence electrons. The number of nitrogens with one attached hydrogen (secondary N) is 1. The molecule has 3 nitrogen and oxygen atoms in total. The van der Waals surface area contributed by atoms with E-state index >= 15 is 0 Å². The Morgan fingerprint density at radius 2 is 2.29 bits per heavy atom. The van der Waals surface area contributed by atoms with Gasteiger partial charge in [-0.25, -0.2) is 0 Å². The van der Waals surface area contributed by atoms with Crippen LogP contribution in [0.3, 0.4) is 0 Å². The Kier molecular flexibility index (Phi) is 5.86. The van der Waals surface area contributed by atoms with Crippen molar-refractivity contribution in [2.45, 2.75) is 25.0 Å². The van der Waals surface area contributed by atoms with E-state index in [-0.39, 0.29) is 6.10 Å². The summed E-state index contributed by atoms with van der Waals surface area (Å²) in [6.45, 7) is 2.58. The molecule has 0 spiro atoms. The van der Waals surface area contributed by atoms with Gasteiger partial charge in [0, 0.05) is 31.4 Å². The average molecular weight is 218 g/mol. The number of thioether (sulfide) groups is 1. The lowest BCUT2D eigenvalue weighted by atomic mass is 10.3. The van der Waals surface area contributed by atoms with Crippen molar-refractivity contribution in [3.05, 3.63) is 0 Å². The molecule has 2 N–H and O–H groups in total. The van der Waals surface area contributed by atoms with Crippen molar-refractivity contribution in [1.82, 2.24) is 10.2 Å². The Bertz CT molecular complexity index is 153. The summed E-state index contributed by atoms with van der Waals surface area (Å²) in [4.78, 5) is 2.19. The first-order valence-corrected chi connectivity index (χ1v) is 6.70. The van der Waals surface area contributed by atoms with E-state index in [9.17, 15) is 5.11 Å². The Morgan fingerprint density at radius 3 is 2.86 bits per heavy atom. The van der Waals surface area contributed by atoms with Crippen LogP contribution in [0, 0.1) is 0 Å². The highest BCUT2D eigenvalue weighted by Gasteiger charge is 2.21. The highest BCUT2D eigenvalue weighted by atomic mass is 32.2. The highest BCUT2D eigenvalue weighted by Crippen LogP contribution is 2.18. The second kappa shape index (κ2) is 6.67. The second-order valence-electron chi connectivity index (χ2n) is 4.09. The molecular formula is C10H22N2OS. The molecule has 0 amide bonds. The van der Waals surface area contributed by atoms with Crippen molar-refractivity contribution in [3.8, 4) is 0 Å². The molecule has 0 aromatic heterocycles. The number of nitrogens with zero attached hydrogens (tertiary/aromatic N) is 1. The first-order chi connectivity index (χ1) is 6.72. The van der Waals surface area contributed by atoms with E-state index in [1.54, 1.807) is 0 Å². The fraction of sp³-hybridized carbons (Fsp3) is 1.00. The summed E-state index contributed by atoms with van der Waals surface area (Å²) in [5.41, 5.74) is 0. The van der Waals surface area contributed by atoms with Gasteiger partial charge in [-0.15, -0.1) is 0 Å². The van der Waals surface area contributed by atoms with Gasteiger partial charge in [0.25, 0.3) is 0 Å². The molecule has 1 fully saturated rings. The summed E-state index contributed by atoms with van der Waals surface area (Å²) in [5, 5.41) is 13.0. The van der Waals surface area contributed by atoms with Gasteiger partial charge in [-0.1, -0.05) is 0 Å².